The van der Waals surface area contributed by atoms with Crippen molar-refractivity contribution in [1.29, 1.82) is 0 Å². The third-order valence-electron chi connectivity index (χ3n) is 3.61. The first kappa shape index (κ1) is 12.6. The van der Waals surface area contributed by atoms with Crippen LogP contribution < -0.4 is 4.90 Å². The van der Waals surface area contributed by atoms with E-state index in [2.05, 4.69) is 20.2 Å². The maximum Gasteiger partial charge on any atom is 0.219 e. The number of hydrogen-bond donors (Lipinski definition) is 1. The molecule has 0 aromatic carbocycles. The number of nitrogens with zero attached hydrogens (tertiary/aromatic N) is 5. The summed E-state index contributed by atoms with van der Waals surface area (Å²) >= 11 is 0. The second-order valence-electron chi connectivity index (χ2n) is 4.85. The Morgan fingerprint density at radius 1 is 1.40 bits per heavy atom. The van der Waals surface area contributed by atoms with Crippen molar-refractivity contribution >= 4 is 17.4 Å². The summed E-state index contributed by atoms with van der Waals surface area (Å²) in [5.74, 6) is 0.911. The SMILES string of the molecule is CC(=O)N1CCc2[nH]nc(N(C)c3cncnc3)c2C1. The zero-order chi connectivity index (χ0) is 14.1. The minimum absolute atomic E-state index is 0.0912. The molecule has 20 heavy (non-hydrogen) atoms. The van der Waals surface area contributed by atoms with Crippen LogP contribution in [0.5, 0.6) is 0 Å². The summed E-state index contributed by atoms with van der Waals surface area (Å²) in [6.45, 7) is 2.93. The van der Waals surface area contributed by atoms with E-state index >= 15 is 0 Å². The molecule has 1 aliphatic heterocycles. The highest BCUT2D eigenvalue weighted by atomic mass is 16.2. The van der Waals surface area contributed by atoms with Crippen molar-refractivity contribution in [3.63, 3.8) is 0 Å². The van der Waals surface area contributed by atoms with Crippen LogP contribution in [0, 0.1) is 0 Å². The van der Waals surface area contributed by atoms with E-state index < -0.39 is 0 Å². The number of aromatic nitrogens is 4. The number of aromatic amines is 1. The highest BCUT2D eigenvalue weighted by molar-refractivity contribution is 5.74. The van der Waals surface area contributed by atoms with E-state index in [4.69, 9.17) is 0 Å². The fourth-order valence-electron chi connectivity index (χ4n) is 2.41. The second kappa shape index (κ2) is 4.92. The lowest BCUT2D eigenvalue weighted by atomic mass is 10.1. The van der Waals surface area contributed by atoms with Crippen molar-refractivity contribution in [1.82, 2.24) is 25.1 Å². The summed E-state index contributed by atoms with van der Waals surface area (Å²) in [5.41, 5.74) is 3.03. The zero-order valence-electron chi connectivity index (χ0n) is 11.5. The highest BCUT2D eigenvalue weighted by Crippen LogP contribution is 2.29. The lowest BCUT2D eigenvalue weighted by molar-refractivity contribution is -0.129. The van der Waals surface area contributed by atoms with Gasteiger partial charge in [-0.3, -0.25) is 9.89 Å². The van der Waals surface area contributed by atoms with E-state index in [-0.39, 0.29) is 5.91 Å². The average molecular weight is 272 g/mol. The van der Waals surface area contributed by atoms with Gasteiger partial charge < -0.3 is 9.80 Å². The van der Waals surface area contributed by atoms with Gasteiger partial charge in [-0.15, -0.1) is 0 Å². The number of nitrogens with one attached hydrogen (secondary N) is 1. The minimum Gasteiger partial charge on any atom is -0.338 e. The van der Waals surface area contributed by atoms with Crippen LogP contribution in [0.2, 0.25) is 0 Å². The first-order valence-corrected chi connectivity index (χ1v) is 6.47. The Bertz CT molecular complexity index is 623. The molecule has 7 heteroatoms. The Labute approximate surface area is 116 Å². The van der Waals surface area contributed by atoms with Crippen molar-refractivity contribution in [3.05, 3.63) is 30.0 Å². The number of hydrogen-bond acceptors (Lipinski definition) is 5. The Morgan fingerprint density at radius 3 is 2.85 bits per heavy atom. The predicted molar refractivity (Wildman–Crippen MR) is 73.5 cm³/mol. The fraction of sp³-hybridized carbons (Fsp3) is 0.385. The van der Waals surface area contributed by atoms with Crippen LogP contribution in [0.3, 0.4) is 0 Å². The molecule has 1 N–H and O–H groups in total. The number of H-pyrrole nitrogens is 1. The fourth-order valence-corrected chi connectivity index (χ4v) is 2.41. The number of carbonyl (C=O) groups excluding carboxylic acids is 1. The van der Waals surface area contributed by atoms with E-state index in [1.54, 1.807) is 19.3 Å². The number of amides is 1. The van der Waals surface area contributed by atoms with Crippen molar-refractivity contribution in [2.24, 2.45) is 0 Å². The van der Waals surface area contributed by atoms with Crippen molar-refractivity contribution < 1.29 is 4.79 Å². The summed E-state index contributed by atoms with van der Waals surface area (Å²) in [7, 11) is 1.92. The lowest BCUT2D eigenvalue weighted by Gasteiger charge is -2.27. The van der Waals surface area contributed by atoms with Crippen molar-refractivity contribution in [2.45, 2.75) is 19.9 Å². The summed E-state index contributed by atoms with van der Waals surface area (Å²) in [6.07, 6.45) is 5.77. The standard InChI is InChI=1S/C13H16N6O/c1-9(20)19-4-3-12-11(7-19)13(17-16-12)18(2)10-5-14-8-15-6-10/h5-6,8H,3-4,7H2,1-2H3,(H,16,17). The van der Waals surface area contributed by atoms with Gasteiger partial charge in [-0.2, -0.15) is 5.10 Å². The second-order valence-corrected chi connectivity index (χ2v) is 4.85. The molecule has 1 aliphatic rings. The molecule has 1 amide bonds. The number of fused-ring (bicyclic) bond motifs is 1. The smallest absolute Gasteiger partial charge is 0.219 e. The minimum atomic E-state index is 0.0912. The van der Waals surface area contributed by atoms with Crippen LogP contribution in [-0.2, 0) is 17.8 Å². The molecule has 0 spiro atoms. The maximum atomic E-state index is 11.5. The van der Waals surface area contributed by atoms with Gasteiger partial charge in [-0.25, -0.2) is 9.97 Å². The zero-order valence-corrected chi connectivity index (χ0v) is 11.5. The van der Waals surface area contributed by atoms with Gasteiger partial charge in [0.2, 0.25) is 5.91 Å². The number of anilines is 2. The third-order valence-corrected chi connectivity index (χ3v) is 3.61. The molecular weight excluding hydrogens is 256 g/mol. The number of rotatable bonds is 2. The molecule has 0 bridgehead atoms. The van der Waals surface area contributed by atoms with Crippen LogP contribution in [0.4, 0.5) is 11.5 Å². The summed E-state index contributed by atoms with van der Waals surface area (Å²) in [5, 5.41) is 7.44. The van der Waals surface area contributed by atoms with Gasteiger partial charge in [0.15, 0.2) is 5.82 Å². The molecule has 0 saturated carbocycles. The van der Waals surface area contributed by atoms with E-state index in [0.717, 1.165) is 35.7 Å². The molecule has 3 rings (SSSR count). The van der Waals surface area contributed by atoms with E-state index in [0.29, 0.717) is 6.54 Å². The summed E-state index contributed by atoms with van der Waals surface area (Å²) in [4.78, 5) is 23.3. The molecule has 104 valence electrons. The van der Waals surface area contributed by atoms with Crippen LogP contribution >= 0.6 is 0 Å². The lowest BCUT2D eigenvalue weighted by Crippen LogP contribution is -2.34. The molecule has 3 heterocycles. The van der Waals surface area contributed by atoms with Crippen LogP contribution in [-0.4, -0.2) is 44.6 Å². The molecule has 0 atom stereocenters. The Balaban J connectivity index is 1.93. The van der Waals surface area contributed by atoms with Crippen LogP contribution in [0.1, 0.15) is 18.2 Å². The molecular formula is C13H16N6O. The van der Waals surface area contributed by atoms with Crippen molar-refractivity contribution in [3.8, 4) is 0 Å². The van der Waals surface area contributed by atoms with Crippen LogP contribution in [0.15, 0.2) is 18.7 Å². The summed E-state index contributed by atoms with van der Waals surface area (Å²) < 4.78 is 0. The molecule has 2 aromatic heterocycles. The predicted octanol–water partition coefficient (Wildman–Crippen LogP) is 0.872. The Hall–Kier alpha value is -2.44. The first-order chi connectivity index (χ1) is 9.66. The van der Waals surface area contributed by atoms with Crippen molar-refractivity contribution in [2.75, 3.05) is 18.5 Å². The molecule has 2 aromatic rings. The maximum absolute atomic E-state index is 11.5. The van der Waals surface area contributed by atoms with E-state index in [9.17, 15) is 4.79 Å². The molecule has 7 nitrogen and oxygen atoms in total. The molecule has 0 fully saturated rings. The molecule has 0 saturated heterocycles. The average Bonchev–Trinajstić information content (AvgIpc) is 2.90. The largest absolute Gasteiger partial charge is 0.338 e. The highest BCUT2D eigenvalue weighted by Gasteiger charge is 2.25. The van der Waals surface area contributed by atoms with Gasteiger partial charge in [0, 0.05) is 38.2 Å². The third kappa shape index (κ3) is 2.11. The number of carbonyl (C=O) groups is 1. The molecule has 0 unspecified atom stereocenters. The molecule has 0 aliphatic carbocycles. The van der Waals surface area contributed by atoms with Gasteiger partial charge in [-0.05, 0) is 0 Å². The quantitative estimate of drug-likeness (QED) is 0.877. The van der Waals surface area contributed by atoms with Crippen LogP contribution in [0.25, 0.3) is 0 Å². The topological polar surface area (TPSA) is 78.0 Å². The summed E-state index contributed by atoms with van der Waals surface area (Å²) in [6, 6.07) is 0. The van der Waals surface area contributed by atoms with Gasteiger partial charge in [0.25, 0.3) is 0 Å². The Morgan fingerprint density at radius 2 is 2.15 bits per heavy atom. The molecule has 0 radical (unpaired) electrons. The Kier molecular flexibility index (Phi) is 3.09. The van der Waals surface area contributed by atoms with Gasteiger partial charge in [-0.1, -0.05) is 0 Å². The monoisotopic (exact) mass is 272 g/mol. The van der Waals surface area contributed by atoms with E-state index in [1.807, 2.05) is 16.8 Å². The normalized spacial score (nSPS) is 14.0. The first-order valence-electron chi connectivity index (χ1n) is 6.47. The van der Waals surface area contributed by atoms with Gasteiger partial charge in [0.1, 0.15) is 6.33 Å². The van der Waals surface area contributed by atoms with E-state index in [1.165, 1.54) is 6.33 Å². The van der Waals surface area contributed by atoms with Gasteiger partial charge >= 0.3 is 0 Å². The van der Waals surface area contributed by atoms with Gasteiger partial charge in [0.05, 0.1) is 24.6 Å².